The van der Waals surface area contributed by atoms with E-state index in [4.69, 9.17) is 9.47 Å². The Labute approximate surface area is 201 Å². The Balaban J connectivity index is 1.72. The highest BCUT2D eigenvalue weighted by Gasteiger charge is 2.35. The molecule has 1 heterocycles. The normalized spacial score (nSPS) is 15.0. The van der Waals surface area contributed by atoms with Crippen molar-refractivity contribution in [3.05, 3.63) is 75.1 Å². The van der Waals surface area contributed by atoms with Crippen LogP contribution in [0.2, 0.25) is 0 Å². The van der Waals surface area contributed by atoms with Crippen LogP contribution in [0, 0.1) is 6.92 Å². The zero-order chi connectivity index (χ0) is 23.3. The monoisotopic (exact) mass is 515 g/mol. The van der Waals surface area contributed by atoms with Gasteiger partial charge in [0.2, 0.25) is 0 Å². The molecule has 0 saturated carbocycles. The van der Waals surface area contributed by atoms with Crippen LogP contribution in [0.4, 0.5) is 4.79 Å². The van der Waals surface area contributed by atoms with Crippen LogP contribution in [-0.2, 0) is 4.79 Å². The fraction of sp³-hybridized carbons (Fsp3) is 0.280. The summed E-state index contributed by atoms with van der Waals surface area (Å²) in [6.45, 7) is 10.6. The Morgan fingerprint density at radius 3 is 2.62 bits per heavy atom. The summed E-state index contributed by atoms with van der Waals surface area (Å²) in [6, 6.07) is 11.6. The van der Waals surface area contributed by atoms with Gasteiger partial charge in [0.05, 0.1) is 11.4 Å². The molecule has 0 atom stereocenters. The number of imide groups is 1. The topological polar surface area (TPSA) is 55.8 Å². The van der Waals surface area contributed by atoms with Crippen molar-refractivity contribution in [1.29, 1.82) is 0 Å². The number of rotatable bonds is 9. The standard InChI is InChI=1S/C25H26BrNO4S/c1-5-11-30-21-9-7-19(26)14-18(21)15-23-24(28)27(25(29)32-23)10-12-31-22-13-17(4)6-8-20(22)16(2)3/h5-9,13-16H,1,10-12H2,2-4H3/b23-15-. The summed E-state index contributed by atoms with van der Waals surface area (Å²) < 4.78 is 12.5. The number of carbonyl (C=O) groups is 2. The molecule has 7 heteroatoms. The lowest BCUT2D eigenvalue weighted by Crippen LogP contribution is -2.32. The van der Waals surface area contributed by atoms with E-state index in [1.165, 1.54) is 4.90 Å². The van der Waals surface area contributed by atoms with E-state index in [2.05, 4.69) is 48.5 Å². The van der Waals surface area contributed by atoms with Gasteiger partial charge in [-0.25, -0.2) is 0 Å². The predicted octanol–water partition coefficient (Wildman–Crippen LogP) is 6.56. The lowest BCUT2D eigenvalue weighted by atomic mass is 10.0. The SMILES string of the molecule is C=CCOc1ccc(Br)cc1/C=C1\SC(=O)N(CCOc2cc(C)ccc2C(C)C)C1=O. The molecule has 1 fully saturated rings. The minimum absolute atomic E-state index is 0.186. The Hall–Kier alpha value is -2.51. The van der Waals surface area contributed by atoms with Crippen LogP contribution in [0.1, 0.15) is 36.5 Å². The summed E-state index contributed by atoms with van der Waals surface area (Å²) in [5.41, 5.74) is 2.91. The smallest absolute Gasteiger partial charge is 0.293 e. The molecule has 1 saturated heterocycles. The highest BCUT2D eigenvalue weighted by Crippen LogP contribution is 2.35. The third kappa shape index (κ3) is 5.84. The molecule has 2 amide bonds. The number of nitrogens with zero attached hydrogens (tertiary/aromatic N) is 1. The van der Waals surface area contributed by atoms with Gasteiger partial charge in [0.15, 0.2) is 0 Å². The van der Waals surface area contributed by atoms with E-state index in [-0.39, 0.29) is 24.3 Å². The first-order valence-electron chi connectivity index (χ1n) is 10.3. The molecule has 0 bridgehead atoms. The number of amides is 2. The average Bonchev–Trinajstić information content (AvgIpc) is 3.00. The number of ether oxygens (including phenoxy) is 2. The maximum Gasteiger partial charge on any atom is 0.293 e. The molecule has 1 aliphatic rings. The molecule has 0 unspecified atom stereocenters. The summed E-state index contributed by atoms with van der Waals surface area (Å²) in [6.07, 6.45) is 3.34. The fourth-order valence-electron chi connectivity index (χ4n) is 3.24. The number of aryl methyl sites for hydroxylation is 1. The molecule has 5 nitrogen and oxygen atoms in total. The molecule has 3 rings (SSSR count). The Kier molecular flexibility index (Phi) is 8.21. The first kappa shape index (κ1) is 24.1. The van der Waals surface area contributed by atoms with Gasteiger partial charge in [-0.15, -0.1) is 0 Å². The van der Waals surface area contributed by atoms with E-state index in [1.54, 1.807) is 12.2 Å². The van der Waals surface area contributed by atoms with Crippen molar-refractivity contribution >= 4 is 44.9 Å². The van der Waals surface area contributed by atoms with Crippen molar-refractivity contribution in [1.82, 2.24) is 4.90 Å². The van der Waals surface area contributed by atoms with Crippen molar-refractivity contribution in [3.63, 3.8) is 0 Å². The molecule has 1 aliphatic heterocycles. The van der Waals surface area contributed by atoms with Gasteiger partial charge in [0.1, 0.15) is 24.7 Å². The minimum atomic E-state index is -0.327. The molecular weight excluding hydrogens is 490 g/mol. The molecule has 2 aromatic carbocycles. The predicted molar refractivity (Wildman–Crippen MR) is 133 cm³/mol. The van der Waals surface area contributed by atoms with Gasteiger partial charge < -0.3 is 9.47 Å². The molecule has 2 aromatic rings. The van der Waals surface area contributed by atoms with E-state index < -0.39 is 0 Å². The number of halogens is 1. The van der Waals surface area contributed by atoms with E-state index >= 15 is 0 Å². The summed E-state index contributed by atoms with van der Waals surface area (Å²) in [5, 5.41) is -0.304. The quantitative estimate of drug-likeness (QED) is 0.279. The fourth-order valence-corrected chi connectivity index (χ4v) is 4.47. The third-order valence-electron chi connectivity index (χ3n) is 4.85. The maximum absolute atomic E-state index is 12.9. The van der Waals surface area contributed by atoms with Gasteiger partial charge in [-0.05, 0) is 66.1 Å². The summed E-state index contributed by atoms with van der Waals surface area (Å²) in [5.74, 6) is 1.39. The van der Waals surface area contributed by atoms with Crippen molar-refractivity contribution < 1.29 is 19.1 Å². The summed E-state index contributed by atoms with van der Waals surface area (Å²) in [4.78, 5) is 27.0. The molecule has 168 valence electrons. The zero-order valence-electron chi connectivity index (χ0n) is 18.4. The lowest BCUT2D eigenvalue weighted by Gasteiger charge is -2.17. The number of benzene rings is 2. The van der Waals surface area contributed by atoms with Crippen LogP contribution in [0.25, 0.3) is 6.08 Å². The van der Waals surface area contributed by atoms with Crippen LogP contribution in [0.5, 0.6) is 11.5 Å². The van der Waals surface area contributed by atoms with Crippen molar-refractivity contribution in [2.75, 3.05) is 19.8 Å². The van der Waals surface area contributed by atoms with Gasteiger partial charge in [-0.2, -0.15) is 0 Å². The summed E-state index contributed by atoms with van der Waals surface area (Å²) >= 11 is 4.36. The Morgan fingerprint density at radius 2 is 1.91 bits per heavy atom. The van der Waals surface area contributed by atoms with Crippen LogP contribution in [0.15, 0.2) is 58.4 Å². The van der Waals surface area contributed by atoms with Crippen LogP contribution in [-0.4, -0.2) is 35.8 Å². The van der Waals surface area contributed by atoms with Gasteiger partial charge in [0, 0.05) is 10.0 Å². The van der Waals surface area contributed by atoms with Gasteiger partial charge in [0.25, 0.3) is 11.1 Å². The molecule has 0 N–H and O–H groups in total. The number of thioether (sulfide) groups is 1. The maximum atomic E-state index is 12.9. The number of hydrogen-bond acceptors (Lipinski definition) is 5. The molecule has 0 aliphatic carbocycles. The highest BCUT2D eigenvalue weighted by atomic mass is 79.9. The largest absolute Gasteiger partial charge is 0.491 e. The number of hydrogen-bond donors (Lipinski definition) is 0. The number of carbonyl (C=O) groups excluding carboxylic acids is 2. The van der Waals surface area contributed by atoms with E-state index in [0.29, 0.717) is 28.7 Å². The molecule has 0 spiro atoms. The lowest BCUT2D eigenvalue weighted by molar-refractivity contribution is -0.123. The van der Waals surface area contributed by atoms with Crippen LogP contribution in [0.3, 0.4) is 0 Å². The minimum Gasteiger partial charge on any atom is -0.491 e. The average molecular weight is 516 g/mol. The Morgan fingerprint density at radius 1 is 1.12 bits per heavy atom. The second kappa shape index (κ2) is 10.9. The molecule has 0 aromatic heterocycles. The van der Waals surface area contributed by atoms with Crippen molar-refractivity contribution in [2.45, 2.75) is 26.7 Å². The molecule has 0 radical (unpaired) electrons. The first-order valence-corrected chi connectivity index (χ1v) is 11.9. The van der Waals surface area contributed by atoms with Crippen LogP contribution < -0.4 is 9.47 Å². The van der Waals surface area contributed by atoms with E-state index in [0.717, 1.165) is 33.1 Å². The first-order chi connectivity index (χ1) is 15.3. The van der Waals surface area contributed by atoms with Gasteiger partial charge in [-0.1, -0.05) is 54.6 Å². The van der Waals surface area contributed by atoms with Crippen molar-refractivity contribution in [3.8, 4) is 11.5 Å². The zero-order valence-corrected chi connectivity index (χ0v) is 20.8. The van der Waals surface area contributed by atoms with E-state index in [9.17, 15) is 9.59 Å². The van der Waals surface area contributed by atoms with Gasteiger partial charge in [-0.3, -0.25) is 14.5 Å². The van der Waals surface area contributed by atoms with Crippen LogP contribution >= 0.6 is 27.7 Å². The van der Waals surface area contributed by atoms with E-state index in [1.807, 2.05) is 31.2 Å². The molecular formula is C25H26BrNO4S. The molecule has 32 heavy (non-hydrogen) atoms. The highest BCUT2D eigenvalue weighted by molar-refractivity contribution is 9.10. The third-order valence-corrected chi connectivity index (χ3v) is 6.25. The van der Waals surface area contributed by atoms with Gasteiger partial charge >= 0.3 is 0 Å². The second-order valence-electron chi connectivity index (χ2n) is 7.66. The summed E-state index contributed by atoms with van der Waals surface area (Å²) in [7, 11) is 0. The Bertz CT molecular complexity index is 1060. The second-order valence-corrected chi connectivity index (χ2v) is 9.57. The van der Waals surface area contributed by atoms with Crippen molar-refractivity contribution in [2.24, 2.45) is 0 Å².